The standard InChI is InChI=1S/C13H10O2S/c1-16-13-12(14)9-6-2-4-8-5-3-7-10(15-13)11(8)9/h2-7,13H,1H3. The van der Waals surface area contributed by atoms with Crippen LogP contribution in [0.5, 0.6) is 5.75 Å². The van der Waals surface area contributed by atoms with E-state index in [0.717, 1.165) is 22.1 Å². The first-order valence-electron chi connectivity index (χ1n) is 5.06. The number of thioether (sulfide) groups is 1. The SMILES string of the molecule is CSC1Oc2cccc3cccc(c23)C1=O. The fourth-order valence-electron chi connectivity index (χ4n) is 2.06. The van der Waals surface area contributed by atoms with E-state index in [2.05, 4.69) is 0 Å². The third kappa shape index (κ3) is 1.25. The van der Waals surface area contributed by atoms with Crippen molar-refractivity contribution >= 4 is 28.3 Å². The minimum absolute atomic E-state index is 0.0665. The number of carbonyl (C=O) groups excluding carboxylic acids is 1. The normalized spacial score (nSPS) is 18.6. The van der Waals surface area contributed by atoms with Gasteiger partial charge in [-0.15, -0.1) is 11.8 Å². The molecule has 0 saturated heterocycles. The van der Waals surface area contributed by atoms with Crippen molar-refractivity contribution in [2.45, 2.75) is 5.44 Å². The molecule has 1 aliphatic rings. The summed E-state index contributed by atoms with van der Waals surface area (Å²) in [4.78, 5) is 12.1. The average Bonchev–Trinajstić information content (AvgIpc) is 2.33. The number of ether oxygens (including phenoxy) is 1. The van der Waals surface area contributed by atoms with E-state index in [1.54, 1.807) is 0 Å². The maximum atomic E-state index is 12.1. The summed E-state index contributed by atoms with van der Waals surface area (Å²) < 4.78 is 5.68. The Balaban J connectivity index is 2.35. The monoisotopic (exact) mass is 230 g/mol. The lowest BCUT2D eigenvalue weighted by molar-refractivity contribution is 0.0884. The van der Waals surface area contributed by atoms with Crippen LogP contribution in [-0.4, -0.2) is 17.5 Å². The molecular formula is C13H10O2S. The van der Waals surface area contributed by atoms with Gasteiger partial charge in [0.15, 0.2) is 0 Å². The van der Waals surface area contributed by atoms with Gasteiger partial charge < -0.3 is 4.74 Å². The van der Waals surface area contributed by atoms with Gasteiger partial charge in [-0.25, -0.2) is 0 Å². The predicted molar refractivity (Wildman–Crippen MR) is 66.2 cm³/mol. The van der Waals surface area contributed by atoms with Crippen LogP contribution in [0, 0.1) is 0 Å². The molecule has 3 rings (SSSR count). The molecule has 1 aliphatic heterocycles. The van der Waals surface area contributed by atoms with E-state index >= 15 is 0 Å². The summed E-state index contributed by atoms with van der Waals surface area (Å²) in [6, 6.07) is 11.7. The Kier molecular flexibility index (Phi) is 2.14. The van der Waals surface area contributed by atoms with Gasteiger partial charge in [-0.05, 0) is 17.7 Å². The molecule has 0 spiro atoms. The third-order valence-corrected chi connectivity index (χ3v) is 3.53. The lowest BCUT2D eigenvalue weighted by atomic mass is 9.99. The predicted octanol–water partition coefficient (Wildman–Crippen LogP) is 3.10. The van der Waals surface area contributed by atoms with Crippen LogP contribution in [0.2, 0.25) is 0 Å². The van der Waals surface area contributed by atoms with E-state index in [9.17, 15) is 4.79 Å². The van der Waals surface area contributed by atoms with E-state index < -0.39 is 5.44 Å². The summed E-state index contributed by atoms with van der Waals surface area (Å²) >= 11 is 1.43. The van der Waals surface area contributed by atoms with Crippen molar-refractivity contribution in [1.29, 1.82) is 0 Å². The first kappa shape index (κ1) is 9.73. The summed E-state index contributed by atoms with van der Waals surface area (Å²) in [5.74, 6) is 0.879. The van der Waals surface area contributed by atoms with E-state index in [0.29, 0.717) is 0 Å². The van der Waals surface area contributed by atoms with Crippen molar-refractivity contribution in [3.8, 4) is 5.75 Å². The second-order valence-corrected chi connectivity index (χ2v) is 4.61. The van der Waals surface area contributed by atoms with Gasteiger partial charge in [-0.3, -0.25) is 4.79 Å². The highest BCUT2D eigenvalue weighted by Gasteiger charge is 2.28. The third-order valence-electron chi connectivity index (χ3n) is 2.79. The van der Waals surface area contributed by atoms with E-state index in [1.807, 2.05) is 42.7 Å². The highest BCUT2D eigenvalue weighted by atomic mass is 32.2. The Labute approximate surface area is 97.6 Å². The minimum Gasteiger partial charge on any atom is -0.471 e. The number of Topliss-reactive ketones (excluding diaryl/α,β-unsaturated/α-hetero) is 1. The molecule has 0 saturated carbocycles. The van der Waals surface area contributed by atoms with Gasteiger partial charge in [0.1, 0.15) is 5.75 Å². The Morgan fingerprint density at radius 3 is 2.69 bits per heavy atom. The molecule has 3 heteroatoms. The molecule has 0 fully saturated rings. The van der Waals surface area contributed by atoms with Crippen LogP contribution in [0.4, 0.5) is 0 Å². The summed E-state index contributed by atoms with van der Waals surface area (Å²) in [6.45, 7) is 0. The molecule has 16 heavy (non-hydrogen) atoms. The molecule has 1 unspecified atom stereocenters. The quantitative estimate of drug-likeness (QED) is 0.753. The molecule has 0 radical (unpaired) electrons. The number of hydrogen-bond donors (Lipinski definition) is 0. The molecule has 1 atom stereocenters. The molecule has 0 aromatic heterocycles. The maximum Gasteiger partial charge on any atom is 0.214 e. The zero-order chi connectivity index (χ0) is 11.1. The lowest BCUT2D eigenvalue weighted by Crippen LogP contribution is -2.27. The largest absolute Gasteiger partial charge is 0.471 e. The Bertz CT molecular complexity index is 572. The summed E-state index contributed by atoms with van der Waals surface area (Å²) in [7, 11) is 0. The molecule has 2 aromatic carbocycles. The van der Waals surface area contributed by atoms with E-state index in [4.69, 9.17) is 4.74 Å². The molecule has 0 amide bonds. The molecule has 80 valence electrons. The van der Waals surface area contributed by atoms with Gasteiger partial charge in [0, 0.05) is 10.9 Å². The number of benzene rings is 2. The molecular weight excluding hydrogens is 220 g/mol. The Hall–Kier alpha value is -1.48. The van der Waals surface area contributed by atoms with Crippen LogP contribution < -0.4 is 4.74 Å². The van der Waals surface area contributed by atoms with Crippen LogP contribution in [0.1, 0.15) is 10.4 Å². The van der Waals surface area contributed by atoms with Crippen molar-refractivity contribution in [1.82, 2.24) is 0 Å². The smallest absolute Gasteiger partial charge is 0.214 e. The zero-order valence-electron chi connectivity index (χ0n) is 8.77. The van der Waals surface area contributed by atoms with Gasteiger partial charge in [0.2, 0.25) is 11.2 Å². The van der Waals surface area contributed by atoms with Gasteiger partial charge >= 0.3 is 0 Å². The molecule has 0 bridgehead atoms. The first-order valence-corrected chi connectivity index (χ1v) is 6.35. The number of hydrogen-bond acceptors (Lipinski definition) is 3. The Morgan fingerprint density at radius 2 is 1.94 bits per heavy atom. The molecule has 0 N–H and O–H groups in total. The highest BCUT2D eigenvalue weighted by Crippen LogP contribution is 2.36. The molecule has 1 heterocycles. The van der Waals surface area contributed by atoms with Crippen molar-refractivity contribution < 1.29 is 9.53 Å². The zero-order valence-corrected chi connectivity index (χ0v) is 9.58. The number of ketones is 1. The first-order chi connectivity index (χ1) is 7.81. The minimum atomic E-state index is -0.402. The summed E-state index contributed by atoms with van der Waals surface area (Å²) in [5, 5.41) is 2.00. The van der Waals surface area contributed by atoms with Crippen LogP contribution in [0.25, 0.3) is 10.8 Å². The second kappa shape index (κ2) is 3.52. The average molecular weight is 230 g/mol. The molecule has 2 aromatic rings. The van der Waals surface area contributed by atoms with Crippen molar-refractivity contribution in [2.24, 2.45) is 0 Å². The summed E-state index contributed by atoms with van der Waals surface area (Å²) in [5.41, 5.74) is 0.374. The van der Waals surface area contributed by atoms with Gasteiger partial charge in [-0.1, -0.05) is 30.3 Å². The van der Waals surface area contributed by atoms with Crippen molar-refractivity contribution in [3.05, 3.63) is 42.0 Å². The highest BCUT2D eigenvalue weighted by molar-refractivity contribution is 7.99. The lowest BCUT2D eigenvalue weighted by Gasteiger charge is -2.23. The molecule has 2 nitrogen and oxygen atoms in total. The number of carbonyl (C=O) groups is 1. The number of rotatable bonds is 1. The van der Waals surface area contributed by atoms with E-state index in [-0.39, 0.29) is 5.78 Å². The van der Waals surface area contributed by atoms with Crippen molar-refractivity contribution in [2.75, 3.05) is 6.26 Å². The fraction of sp³-hybridized carbons (Fsp3) is 0.154. The molecule has 0 aliphatic carbocycles. The topological polar surface area (TPSA) is 26.3 Å². The van der Waals surface area contributed by atoms with Crippen LogP contribution in [-0.2, 0) is 0 Å². The van der Waals surface area contributed by atoms with Gasteiger partial charge in [0.25, 0.3) is 0 Å². The van der Waals surface area contributed by atoms with Crippen molar-refractivity contribution in [3.63, 3.8) is 0 Å². The van der Waals surface area contributed by atoms with Crippen LogP contribution in [0.3, 0.4) is 0 Å². The van der Waals surface area contributed by atoms with Crippen LogP contribution in [0.15, 0.2) is 36.4 Å². The second-order valence-electron chi connectivity index (χ2n) is 3.71. The van der Waals surface area contributed by atoms with E-state index in [1.165, 1.54) is 11.8 Å². The van der Waals surface area contributed by atoms with Crippen LogP contribution >= 0.6 is 11.8 Å². The van der Waals surface area contributed by atoms with Gasteiger partial charge in [0.05, 0.1) is 0 Å². The van der Waals surface area contributed by atoms with Gasteiger partial charge in [-0.2, -0.15) is 0 Å². The Morgan fingerprint density at radius 1 is 1.19 bits per heavy atom. The fourth-order valence-corrected chi connectivity index (χ4v) is 2.60. The maximum absolute atomic E-state index is 12.1. The summed E-state index contributed by atoms with van der Waals surface area (Å²) in [6.07, 6.45) is 1.89.